The van der Waals surface area contributed by atoms with Crippen molar-refractivity contribution >= 4 is 18.3 Å². The number of benzene rings is 1. The zero-order valence-electron chi connectivity index (χ0n) is 13.3. The van der Waals surface area contributed by atoms with Gasteiger partial charge in [0.2, 0.25) is 5.91 Å². The Hall–Kier alpha value is -1.10. The van der Waals surface area contributed by atoms with E-state index >= 15 is 0 Å². The molecule has 3 N–H and O–H groups in total. The van der Waals surface area contributed by atoms with Gasteiger partial charge in [0, 0.05) is 18.0 Å². The second-order valence-electron chi connectivity index (χ2n) is 6.15. The van der Waals surface area contributed by atoms with Gasteiger partial charge in [0.1, 0.15) is 0 Å². The van der Waals surface area contributed by atoms with Gasteiger partial charge < -0.3 is 15.7 Å². The van der Waals surface area contributed by atoms with Gasteiger partial charge in [-0.25, -0.2) is 0 Å². The molecule has 4 atom stereocenters. The Labute approximate surface area is 139 Å². The van der Waals surface area contributed by atoms with Crippen LogP contribution in [0, 0.1) is 5.92 Å². The van der Waals surface area contributed by atoms with Crippen molar-refractivity contribution in [1.29, 1.82) is 0 Å². The van der Waals surface area contributed by atoms with Gasteiger partial charge >= 0.3 is 0 Å². The molecule has 124 valence electrons. The summed E-state index contributed by atoms with van der Waals surface area (Å²) >= 11 is 0. The lowest BCUT2D eigenvalue weighted by molar-refractivity contribution is -0.126. The molecule has 1 heterocycles. The summed E-state index contributed by atoms with van der Waals surface area (Å²) in [4.78, 5) is 12.3. The SMILES string of the molecule is CC(CC(O)c1ccccc1)NC(=O)[C@H]1CCN[C@@H](C)C1.Cl. The first-order valence-electron chi connectivity index (χ1n) is 7.83. The molecule has 22 heavy (non-hydrogen) atoms. The number of piperidine rings is 1. The number of aliphatic hydroxyl groups excluding tert-OH is 1. The third-order valence-electron chi connectivity index (χ3n) is 4.14. The molecule has 0 aromatic heterocycles. The number of carbonyl (C=O) groups excluding carboxylic acids is 1. The number of amides is 1. The topological polar surface area (TPSA) is 61.4 Å². The largest absolute Gasteiger partial charge is 0.388 e. The van der Waals surface area contributed by atoms with Gasteiger partial charge in [-0.3, -0.25) is 4.79 Å². The second kappa shape index (κ2) is 9.13. The number of nitrogens with one attached hydrogen (secondary N) is 2. The lowest BCUT2D eigenvalue weighted by Gasteiger charge is -2.28. The van der Waals surface area contributed by atoms with Crippen LogP contribution in [0.1, 0.15) is 44.8 Å². The molecule has 0 aliphatic carbocycles. The predicted octanol–water partition coefficient (Wildman–Crippen LogP) is 2.42. The molecule has 4 nitrogen and oxygen atoms in total. The standard InChI is InChI=1S/C17H26N2O2.ClH/c1-12-10-15(8-9-18-12)17(21)19-13(2)11-16(20)14-6-4-3-5-7-14;/h3-7,12-13,15-16,18,20H,8-11H2,1-2H3,(H,19,21);1H/t12-,13?,15-,16?;/m0./s1. The normalized spacial score (nSPS) is 24.0. The highest BCUT2D eigenvalue weighted by Crippen LogP contribution is 2.19. The number of rotatable bonds is 5. The number of halogens is 1. The van der Waals surface area contributed by atoms with Crippen molar-refractivity contribution < 1.29 is 9.90 Å². The molecule has 1 aliphatic rings. The Morgan fingerprint density at radius 1 is 1.41 bits per heavy atom. The van der Waals surface area contributed by atoms with Crippen LogP contribution in [-0.2, 0) is 4.79 Å². The van der Waals surface area contributed by atoms with Crippen molar-refractivity contribution in [2.24, 2.45) is 5.92 Å². The van der Waals surface area contributed by atoms with E-state index < -0.39 is 6.10 Å². The molecule has 0 radical (unpaired) electrons. The van der Waals surface area contributed by atoms with Gasteiger partial charge in [-0.15, -0.1) is 12.4 Å². The van der Waals surface area contributed by atoms with Crippen LogP contribution in [0.2, 0.25) is 0 Å². The van der Waals surface area contributed by atoms with Crippen LogP contribution in [0.3, 0.4) is 0 Å². The van der Waals surface area contributed by atoms with Crippen LogP contribution in [0.4, 0.5) is 0 Å². The zero-order valence-corrected chi connectivity index (χ0v) is 14.1. The molecule has 2 unspecified atom stereocenters. The summed E-state index contributed by atoms with van der Waals surface area (Å²) in [6, 6.07) is 9.95. The van der Waals surface area contributed by atoms with Crippen LogP contribution in [-0.4, -0.2) is 29.6 Å². The van der Waals surface area contributed by atoms with E-state index in [4.69, 9.17) is 0 Å². The molecule has 1 aromatic rings. The summed E-state index contributed by atoms with van der Waals surface area (Å²) in [5.74, 6) is 0.216. The predicted molar refractivity (Wildman–Crippen MR) is 91.1 cm³/mol. The molecule has 0 bridgehead atoms. The molecule has 0 saturated carbocycles. The molecule has 1 fully saturated rings. The average Bonchev–Trinajstić information content (AvgIpc) is 2.48. The van der Waals surface area contributed by atoms with Crippen molar-refractivity contribution in [2.45, 2.75) is 51.3 Å². The number of hydrogen-bond acceptors (Lipinski definition) is 3. The highest BCUT2D eigenvalue weighted by atomic mass is 35.5. The summed E-state index contributed by atoms with van der Waals surface area (Å²) in [5.41, 5.74) is 0.897. The van der Waals surface area contributed by atoms with E-state index in [9.17, 15) is 9.90 Å². The summed E-state index contributed by atoms with van der Waals surface area (Å²) in [7, 11) is 0. The third-order valence-corrected chi connectivity index (χ3v) is 4.14. The third kappa shape index (κ3) is 5.59. The van der Waals surface area contributed by atoms with E-state index in [0.717, 1.165) is 24.9 Å². The van der Waals surface area contributed by atoms with Crippen LogP contribution < -0.4 is 10.6 Å². The fourth-order valence-electron chi connectivity index (χ4n) is 2.94. The van der Waals surface area contributed by atoms with Crippen molar-refractivity contribution in [3.05, 3.63) is 35.9 Å². The quantitative estimate of drug-likeness (QED) is 0.778. The Balaban J connectivity index is 0.00000242. The van der Waals surface area contributed by atoms with E-state index in [-0.39, 0.29) is 30.3 Å². The fourth-order valence-corrected chi connectivity index (χ4v) is 2.94. The Morgan fingerprint density at radius 2 is 2.09 bits per heavy atom. The van der Waals surface area contributed by atoms with Crippen molar-refractivity contribution in [2.75, 3.05) is 6.54 Å². The second-order valence-corrected chi connectivity index (χ2v) is 6.15. The molecule has 1 aromatic carbocycles. The van der Waals surface area contributed by atoms with E-state index in [0.29, 0.717) is 12.5 Å². The highest BCUT2D eigenvalue weighted by molar-refractivity contribution is 5.85. The Morgan fingerprint density at radius 3 is 2.73 bits per heavy atom. The van der Waals surface area contributed by atoms with Gasteiger partial charge in [0.05, 0.1) is 6.10 Å². The maximum atomic E-state index is 12.3. The Bertz CT molecular complexity index is 455. The van der Waals surface area contributed by atoms with Crippen LogP contribution >= 0.6 is 12.4 Å². The molecular weight excluding hydrogens is 300 g/mol. The fraction of sp³-hybridized carbons (Fsp3) is 0.588. The summed E-state index contributed by atoms with van der Waals surface area (Å²) in [5, 5.41) is 16.6. The van der Waals surface area contributed by atoms with Gasteiger partial charge in [-0.05, 0) is 45.2 Å². The first-order chi connectivity index (χ1) is 10.1. The molecule has 5 heteroatoms. The van der Waals surface area contributed by atoms with Crippen LogP contribution in [0.15, 0.2) is 30.3 Å². The van der Waals surface area contributed by atoms with Crippen molar-refractivity contribution in [3.63, 3.8) is 0 Å². The lowest BCUT2D eigenvalue weighted by atomic mass is 9.92. The summed E-state index contributed by atoms with van der Waals surface area (Å²) in [6.45, 7) is 4.97. The number of aliphatic hydroxyl groups is 1. The van der Waals surface area contributed by atoms with E-state index in [1.165, 1.54) is 0 Å². The van der Waals surface area contributed by atoms with Crippen LogP contribution in [0.5, 0.6) is 0 Å². The van der Waals surface area contributed by atoms with Crippen molar-refractivity contribution in [3.8, 4) is 0 Å². The highest BCUT2D eigenvalue weighted by Gasteiger charge is 2.25. The summed E-state index contributed by atoms with van der Waals surface area (Å²) < 4.78 is 0. The average molecular weight is 327 g/mol. The van der Waals surface area contributed by atoms with Crippen LogP contribution in [0.25, 0.3) is 0 Å². The van der Waals surface area contributed by atoms with Crippen molar-refractivity contribution in [1.82, 2.24) is 10.6 Å². The zero-order chi connectivity index (χ0) is 15.2. The van der Waals surface area contributed by atoms with E-state index in [2.05, 4.69) is 17.6 Å². The Kier molecular flexibility index (Phi) is 7.87. The minimum Gasteiger partial charge on any atom is -0.388 e. The van der Waals surface area contributed by atoms with E-state index in [1.54, 1.807) is 0 Å². The van der Waals surface area contributed by atoms with Gasteiger partial charge in [0.15, 0.2) is 0 Å². The minimum absolute atomic E-state index is 0. The molecule has 2 rings (SSSR count). The molecule has 1 amide bonds. The number of carbonyl (C=O) groups is 1. The monoisotopic (exact) mass is 326 g/mol. The van der Waals surface area contributed by atoms with E-state index in [1.807, 2.05) is 37.3 Å². The minimum atomic E-state index is -0.534. The van der Waals surface area contributed by atoms with Gasteiger partial charge in [-0.2, -0.15) is 0 Å². The molecule has 0 spiro atoms. The maximum Gasteiger partial charge on any atom is 0.223 e. The molecule has 1 saturated heterocycles. The smallest absolute Gasteiger partial charge is 0.223 e. The maximum absolute atomic E-state index is 12.3. The first kappa shape index (κ1) is 18.9. The number of hydrogen-bond donors (Lipinski definition) is 3. The molecule has 1 aliphatic heterocycles. The van der Waals surface area contributed by atoms with Gasteiger partial charge in [-0.1, -0.05) is 30.3 Å². The molecular formula is C17H27ClN2O2. The van der Waals surface area contributed by atoms with Gasteiger partial charge in [0.25, 0.3) is 0 Å². The summed E-state index contributed by atoms with van der Waals surface area (Å²) in [6.07, 6.45) is 1.79. The lowest BCUT2D eigenvalue weighted by Crippen LogP contribution is -2.44. The first-order valence-corrected chi connectivity index (χ1v) is 7.83.